The molecule has 3 saturated heterocycles. The van der Waals surface area contributed by atoms with Crippen LogP contribution in [-0.4, -0.2) is 19.0 Å². The van der Waals surface area contributed by atoms with Crippen molar-refractivity contribution in [2.75, 3.05) is 7.11 Å². The summed E-state index contributed by atoms with van der Waals surface area (Å²) in [6.45, 7) is 0. The molecule has 1 aromatic carbocycles. The van der Waals surface area contributed by atoms with Crippen LogP contribution in [0.4, 0.5) is 4.39 Å². The Morgan fingerprint density at radius 1 is 1.09 bits per heavy atom. The van der Waals surface area contributed by atoms with Crippen LogP contribution in [0.1, 0.15) is 44.1 Å². The van der Waals surface area contributed by atoms with Crippen LogP contribution in [0.5, 0.6) is 0 Å². The third-order valence-electron chi connectivity index (χ3n) is 5.41. The van der Waals surface area contributed by atoms with Crippen molar-refractivity contribution >= 4 is 0 Å². The fraction of sp³-hybridized carbons (Fsp3) is 0.647. The van der Waals surface area contributed by atoms with Crippen molar-refractivity contribution in [1.29, 1.82) is 0 Å². The van der Waals surface area contributed by atoms with E-state index in [-0.39, 0.29) is 5.82 Å². The van der Waals surface area contributed by atoms with Crippen molar-refractivity contribution in [3.05, 3.63) is 35.6 Å². The molecule has 1 aliphatic carbocycles. The average Bonchev–Trinajstić information content (AvgIpc) is 2.81. The molecule has 3 aliphatic heterocycles. The number of benzene rings is 1. The van der Waals surface area contributed by atoms with Crippen molar-refractivity contribution < 1.29 is 23.6 Å². The van der Waals surface area contributed by atoms with E-state index < -0.39 is 17.7 Å². The SMILES string of the molecule is CO[C@@H]1O[C@@]2(c3ccc(F)cc3)CC[C@@H]3CCCC[C@@]31OO2. The Morgan fingerprint density at radius 2 is 1.91 bits per heavy atom. The van der Waals surface area contributed by atoms with Crippen molar-refractivity contribution in [2.24, 2.45) is 5.92 Å². The minimum Gasteiger partial charge on any atom is -0.353 e. The van der Waals surface area contributed by atoms with Gasteiger partial charge < -0.3 is 9.47 Å². The zero-order valence-electron chi connectivity index (χ0n) is 12.7. The number of rotatable bonds is 2. The molecule has 1 spiro atoms. The Bertz CT molecular complexity index is 544. The van der Waals surface area contributed by atoms with Crippen molar-refractivity contribution in [3.8, 4) is 0 Å². The van der Waals surface area contributed by atoms with Gasteiger partial charge in [0, 0.05) is 19.1 Å². The van der Waals surface area contributed by atoms with E-state index in [1.54, 1.807) is 19.2 Å². The van der Waals surface area contributed by atoms with E-state index in [1.807, 2.05) is 0 Å². The highest BCUT2D eigenvalue weighted by Gasteiger charge is 2.61. The minimum atomic E-state index is -1.00. The summed E-state index contributed by atoms with van der Waals surface area (Å²) < 4.78 is 25.1. The van der Waals surface area contributed by atoms with Crippen LogP contribution in [0.15, 0.2) is 24.3 Å². The molecule has 0 amide bonds. The molecule has 3 heterocycles. The Labute approximate surface area is 129 Å². The average molecular weight is 308 g/mol. The van der Waals surface area contributed by atoms with Crippen molar-refractivity contribution in [1.82, 2.24) is 0 Å². The van der Waals surface area contributed by atoms with Gasteiger partial charge in [0.25, 0.3) is 0 Å². The smallest absolute Gasteiger partial charge is 0.230 e. The first-order valence-corrected chi connectivity index (χ1v) is 8.02. The molecule has 4 aliphatic rings. The van der Waals surface area contributed by atoms with Gasteiger partial charge in [0.1, 0.15) is 5.82 Å². The highest BCUT2D eigenvalue weighted by Crippen LogP contribution is 2.54. The summed E-state index contributed by atoms with van der Waals surface area (Å²) in [6.07, 6.45) is 5.46. The minimum absolute atomic E-state index is 0.279. The van der Waals surface area contributed by atoms with Gasteiger partial charge in [-0.1, -0.05) is 25.0 Å². The maximum Gasteiger partial charge on any atom is 0.230 e. The normalized spacial score (nSPS) is 41.0. The number of halogens is 1. The van der Waals surface area contributed by atoms with E-state index in [0.717, 1.165) is 31.2 Å². The third kappa shape index (κ3) is 2.03. The summed E-state index contributed by atoms with van der Waals surface area (Å²) >= 11 is 0. The first kappa shape index (κ1) is 14.6. The number of hydrogen-bond donors (Lipinski definition) is 0. The molecule has 4 fully saturated rings. The molecule has 1 saturated carbocycles. The van der Waals surface area contributed by atoms with Gasteiger partial charge in [-0.05, 0) is 37.3 Å². The second-order valence-corrected chi connectivity index (χ2v) is 6.55. The monoisotopic (exact) mass is 308 g/mol. The lowest BCUT2D eigenvalue weighted by Gasteiger charge is -2.49. The highest BCUT2D eigenvalue weighted by molar-refractivity contribution is 5.22. The van der Waals surface area contributed by atoms with Gasteiger partial charge in [-0.2, -0.15) is 4.89 Å². The van der Waals surface area contributed by atoms with Crippen LogP contribution < -0.4 is 0 Å². The lowest BCUT2D eigenvalue weighted by Crippen LogP contribution is -2.59. The molecular weight excluding hydrogens is 287 g/mol. The van der Waals surface area contributed by atoms with E-state index in [4.69, 9.17) is 19.2 Å². The first-order valence-electron chi connectivity index (χ1n) is 8.02. The van der Waals surface area contributed by atoms with E-state index in [1.165, 1.54) is 18.6 Å². The van der Waals surface area contributed by atoms with Gasteiger partial charge in [-0.25, -0.2) is 9.28 Å². The number of fused-ring (bicyclic) bond motifs is 3. The lowest BCUT2D eigenvalue weighted by molar-refractivity contribution is -0.558. The quantitative estimate of drug-likeness (QED) is 0.782. The molecule has 0 N–H and O–H groups in total. The molecule has 22 heavy (non-hydrogen) atoms. The first-order chi connectivity index (χ1) is 10.7. The molecule has 0 aromatic heterocycles. The van der Waals surface area contributed by atoms with E-state index in [9.17, 15) is 4.39 Å². The van der Waals surface area contributed by atoms with E-state index in [0.29, 0.717) is 12.3 Å². The summed E-state index contributed by atoms with van der Waals surface area (Å²) in [5.74, 6) is -0.910. The maximum absolute atomic E-state index is 13.2. The van der Waals surface area contributed by atoms with Gasteiger partial charge in [-0.15, -0.1) is 0 Å². The summed E-state index contributed by atoms with van der Waals surface area (Å²) in [7, 11) is 1.65. The van der Waals surface area contributed by atoms with Gasteiger partial charge in [0.2, 0.25) is 5.79 Å². The van der Waals surface area contributed by atoms with E-state index in [2.05, 4.69) is 0 Å². The van der Waals surface area contributed by atoms with Crippen LogP contribution in [0.25, 0.3) is 0 Å². The molecular formula is C17H21FO4. The second-order valence-electron chi connectivity index (χ2n) is 6.55. The molecule has 4 nitrogen and oxygen atoms in total. The molecule has 0 radical (unpaired) electrons. The Morgan fingerprint density at radius 3 is 2.68 bits per heavy atom. The summed E-state index contributed by atoms with van der Waals surface area (Å²) in [5.41, 5.74) is 0.261. The number of ether oxygens (including phenoxy) is 2. The predicted octanol–water partition coefficient (Wildman–Crippen LogP) is 3.65. The van der Waals surface area contributed by atoms with Crippen LogP contribution in [0, 0.1) is 11.7 Å². The number of methoxy groups -OCH3 is 1. The van der Waals surface area contributed by atoms with Gasteiger partial charge in [0.15, 0.2) is 11.9 Å². The molecule has 120 valence electrons. The predicted molar refractivity (Wildman–Crippen MR) is 76.1 cm³/mol. The summed E-state index contributed by atoms with van der Waals surface area (Å²) in [4.78, 5) is 11.7. The Balaban J connectivity index is 1.73. The van der Waals surface area contributed by atoms with Crippen molar-refractivity contribution in [2.45, 2.75) is 56.2 Å². The summed E-state index contributed by atoms with van der Waals surface area (Å²) in [5, 5.41) is 0. The molecule has 2 bridgehead atoms. The Kier molecular flexibility index (Phi) is 3.49. The van der Waals surface area contributed by atoms with Crippen LogP contribution >= 0.6 is 0 Å². The number of hydrogen-bond acceptors (Lipinski definition) is 4. The standard InChI is InChI=1S/C17H21FO4/c1-19-15-16-10-3-2-4-12(16)9-11-17(20-15,22-21-16)13-5-7-14(18)8-6-13/h5-8,12,15H,2-4,9-11H2,1H3/t12-,15+,16+,17-/m0/s1. The Hall–Kier alpha value is -1.01. The third-order valence-corrected chi connectivity index (χ3v) is 5.41. The summed E-state index contributed by atoms with van der Waals surface area (Å²) in [6, 6.07) is 6.22. The maximum atomic E-state index is 13.2. The van der Waals surface area contributed by atoms with Gasteiger partial charge in [0.05, 0.1) is 0 Å². The zero-order chi connectivity index (χ0) is 15.2. The fourth-order valence-electron chi connectivity index (χ4n) is 4.20. The van der Waals surface area contributed by atoms with Crippen LogP contribution in [-0.2, 0) is 25.0 Å². The molecule has 5 rings (SSSR count). The fourth-order valence-corrected chi connectivity index (χ4v) is 4.20. The van der Waals surface area contributed by atoms with Gasteiger partial charge >= 0.3 is 0 Å². The van der Waals surface area contributed by atoms with Gasteiger partial charge in [-0.3, -0.25) is 0 Å². The zero-order valence-corrected chi connectivity index (χ0v) is 12.7. The van der Waals surface area contributed by atoms with Crippen LogP contribution in [0.2, 0.25) is 0 Å². The second kappa shape index (κ2) is 5.27. The van der Waals surface area contributed by atoms with Crippen molar-refractivity contribution in [3.63, 3.8) is 0 Å². The molecule has 0 unspecified atom stereocenters. The lowest BCUT2D eigenvalue weighted by atomic mass is 9.73. The largest absolute Gasteiger partial charge is 0.353 e. The topological polar surface area (TPSA) is 36.9 Å². The molecule has 5 heteroatoms. The van der Waals surface area contributed by atoms with E-state index >= 15 is 0 Å². The molecule has 4 atom stereocenters. The highest BCUT2D eigenvalue weighted by atomic mass is 19.1. The van der Waals surface area contributed by atoms with Crippen LogP contribution in [0.3, 0.4) is 0 Å². The molecule has 1 aromatic rings.